The third-order valence-electron chi connectivity index (χ3n) is 5.66. The molecule has 1 amide bonds. The van der Waals surface area contributed by atoms with Gasteiger partial charge in [-0.1, -0.05) is 6.92 Å². The summed E-state index contributed by atoms with van der Waals surface area (Å²) in [7, 11) is 0. The summed E-state index contributed by atoms with van der Waals surface area (Å²) in [6.07, 6.45) is 9.16. The third-order valence-corrected chi connectivity index (χ3v) is 5.66. The summed E-state index contributed by atoms with van der Waals surface area (Å²) in [6, 6.07) is 7.83. The van der Waals surface area contributed by atoms with Gasteiger partial charge < -0.3 is 9.72 Å². The van der Waals surface area contributed by atoms with Crippen molar-refractivity contribution in [2.45, 2.75) is 58.0 Å². The van der Waals surface area contributed by atoms with Crippen molar-refractivity contribution < 1.29 is 4.79 Å². The molecule has 0 aromatic carbocycles. The predicted molar refractivity (Wildman–Crippen MR) is 106 cm³/mol. The van der Waals surface area contributed by atoms with Gasteiger partial charge in [-0.15, -0.1) is 0 Å². The normalized spacial score (nSPS) is 20.2. The van der Waals surface area contributed by atoms with Crippen LogP contribution >= 0.6 is 0 Å². The zero-order valence-corrected chi connectivity index (χ0v) is 15.7. The Morgan fingerprint density at radius 2 is 1.96 bits per heavy atom. The minimum absolute atomic E-state index is 0.0622. The fourth-order valence-electron chi connectivity index (χ4n) is 4.09. The lowest BCUT2D eigenvalue weighted by Gasteiger charge is -2.26. The summed E-state index contributed by atoms with van der Waals surface area (Å²) in [5.41, 5.74) is 2.13. The highest BCUT2D eigenvalue weighted by atomic mass is 16.1. The number of fused-ring (bicyclic) bond motifs is 3. The second-order valence-corrected chi connectivity index (χ2v) is 7.69. The van der Waals surface area contributed by atoms with Crippen molar-refractivity contribution in [1.82, 2.24) is 19.3 Å². The average molecular weight is 366 g/mol. The smallest absolute Gasteiger partial charge is 0.276 e. The topological polar surface area (TPSA) is 68.4 Å². The van der Waals surface area contributed by atoms with Gasteiger partial charge in [0.05, 0.1) is 5.52 Å². The van der Waals surface area contributed by atoms with Gasteiger partial charge in [-0.25, -0.2) is 4.98 Å². The van der Waals surface area contributed by atoms with Crippen LogP contribution in [0.2, 0.25) is 0 Å². The molecule has 3 aromatic heterocycles. The molecule has 4 rings (SSSR count). The van der Waals surface area contributed by atoms with E-state index in [1.54, 1.807) is 10.8 Å². The van der Waals surface area contributed by atoms with Crippen LogP contribution < -0.4 is 10.9 Å². The van der Waals surface area contributed by atoms with Crippen LogP contribution in [0.5, 0.6) is 0 Å². The van der Waals surface area contributed by atoms with Crippen molar-refractivity contribution in [1.29, 1.82) is 0 Å². The number of rotatable bonds is 5. The number of carbonyl (C=O) groups is 1. The molecule has 142 valence electrons. The quantitative estimate of drug-likeness (QED) is 0.754. The lowest BCUT2D eigenvalue weighted by Crippen LogP contribution is -2.37. The first-order valence-corrected chi connectivity index (χ1v) is 9.87. The van der Waals surface area contributed by atoms with Gasteiger partial charge >= 0.3 is 0 Å². The van der Waals surface area contributed by atoms with Gasteiger partial charge in [-0.2, -0.15) is 0 Å². The van der Waals surface area contributed by atoms with E-state index in [4.69, 9.17) is 0 Å². The second kappa shape index (κ2) is 7.55. The molecular formula is C21H26N4O2. The Bertz CT molecular complexity index is 1010. The molecule has 0 aliphatic heterocycles. The largest absolute Gasteiger partial charge is 0.353 e. The highest BCUT2D eigenvalue weighted by Gasteiger charge is 2.19. The minimum atomic E-state index is -0.0622. The molecule has 1 saturated carbocycles. The standard InChI is InChI=1S/C21H26N4O2/c1-15-8-10-16(11-9-15)23-19(26)7-4-14-25-20-17(5-2-12-22-20)24-13-3-6-18(24)21(25)27/h2-3,5-6,12-13,15-16H,4,7-11,14H2,1H3,(H,23,26). The second-order valence-electron chi connectivity index (χ2n) is 7.69. The van der Waals surface area contributed by atoms with Crippen LogP contribution in [-0.4, -0.2) is 25.9 Å². The molecule has 0 bridgehead atoms. The SMILES string of the molecule is CC1CCC(NC(=O)CCCn2c(=O)c3cccn3c3cccnc32)CC1. The first-order chi connectivity index (χ1) is 13.1. The summed E-state index contributed by atoms with van der Waals surface area (Å²) in [6.45, 7) is 2.76. The fourth-order valence-corrected chi connectivity index (χ4v) is 4.09. The molecule has 1 fully saturated rings. The summed E-state index contributed by atoms with van der Waals surface area (Å²) in [4.78, 5) is 29.5. The molecule has 6 heteroatoms. The molecule has 3 aromatic rings. The lowest BCUT2D eigenvalue weighted by molar-refractivity contribution is -0.122. The van der Waals surface area contributed by atoms with Crippen molar-refractivity contribution in [3.8, 4) is 0 Å². The van der Waals surface area contributed by atoms with Gasteiger partial charge in [0.25, 0.3) is 5.56 Å². The number of nitrogens with one attached hydrogen (secondary N) is 1. The Kier molecular flexibility index (Phi) is 4.97. The summed E-state index contributed by atoms with van der Waals surface area (Å²) in [5, 5.41) is 3.16. The zero-order chi connectivity index (χ0) is 18.8. The number of carbonyl (C=O) groups excluding carboxylic acids is 1. The molecule has 3 heterocycles. The molecule has 27 heavy (non-hydrogen) atoms. The third kappa shape index (κ3) is 3.61. The van der Waals surface area contributed by atoms with E-state index in [-0.39, 0.29) is 11.5 Å². The number of aryl methyl sites for hydroxylation is 1. The molecular weight excluding hydrogens is 340 g/mol. The fraction of sp³-hybridized carbons (Fsp3) is 0.476. The highest BCUT2D eigenvalue weighted by Crippen LogP contribution is 2.23. The molecule has 0 saturated heterocycles. The minimum Gasteiger partial charge on any atom is -0.353 e. The molecule has 1 aliphatic carbocycles. The maximum absolute atomic E-state index is 12.8. The van der Waals surface area contributed by atoms with Crippen molar-refractivity contribution >= 4 is 22.6 Å². The van der Waals surface area contributed by atoms with E-state index in [1.807, 2.05) is 34.9 Å². The molecule has 0 atom stereocenters. The Morgan fingerprint density at radius 3 is 2.78 bits per heavy atom. The van der Waals surface area contributed by atoms with E-state index in [0.717, 1.165) is 24.3 Å². The molecule has 1 aliphatic rings. The van der Waals surface area contributed by atoms with Gasteiger partial charge in [0.15, 0.2) is 5.65 Å². The van der Waals surface area contributed by atoms with E-state index in [9.17, 15) is 9.59 Å². The van der Waals surface area contributed by atoms with Crippen molar-refractivity contribution in [3.05, 3.63) is 47.0 Å². The number of pyridine rings is 1. The van der Waals surface area contributed by atoms with Gasteiger partial charge in [0.2, 0.25) is 5.91 Å². The first-order valence-electron chi connectivity index (χ1n) is 9.87. The first kappa shape index (κ1) is 17.8. The van der Waals surface area contributed by atoms with Crippen LogP contribution in [0.4, 0.5) is 0 Å². The molecule has 1 N–H and O–H groups in total. The van der Waals surface area contributed by atoms with E-state index in [1.165, 1.54) is 12.8 Å². The van der Waals surface area contributed by atoms with E-state index < -0.39 is 0 Å². The molecule has 0 radical (unpaired) electrons. The van der Waals surface area contributed by atoms with Gasteiger partial charge in [-0.3, -0.25) is 14.2 Å². The van der Waals surface area contributed by atoms with Crippen LogP contribution in [0.3, 0.4) is 0 Å². The number of hydrogen-bond acceptors (Lipinski definition) is 3. The Labute approximate surface area is 158 Å². The number of amides is 1. The average Bonchev–Trinajstić information content (AvgIpc) is 3.17. The van der Waals surface area contributed by atoms with E-state index in [2.05, 4.69) is 17.2 Å². The predicted octanol–water partition coefficient (Wildman–Crippen LogP) is 3.12. The summed E-state index contributed by atoms with van der Waals surface area (Å²) < 4.78 is 3.57. The lowest BCUT2D eigenvalue weighted by atomic mass is 9.87. The Balaban J connectivity index is 1.45. The maximum Gasteiger partial charge on any atom is 0.276 e. The Hall–Kier alpha value is -2.63. The number of nitrogens with zero attached hydrogens (tertiary/aromatic N) is 3. The van der Waals surface area contributed by atoms with Crippen LogP contribution in [0, 0.1) is 5.92 Å². The van der Waals surface area contributed by atoms with Gasteiger partial charge in [0, 0.05) is 31.4 Å². The van der Waals surface area contributed by atoms with Gasteiger partial charge in [0.1, 0.15) is 5.52 Å². The van der Waals surface area contributed by atoms with Crippen LogP contribution in [-0.2, 0) is 11.3 Å². The molecule has 6 nitrogen and oxygen atoms in total. The maximum atomic E-state index is 12.8. The Morgan fingerprint density at radius 1 is 1.19 bits per heavy atom. The number of hydrogen-bond donors (Lipinski definition) is 1. The highest BCUT2D eigenvalue weighted by molar-refractivity contribution is 5.76. The molecule has 0 unspecified atom stereocenters. The van der Waals surface area contributed by atoms with Crippen LogP contribution in [0.1, 0.15) is 45.4 Å². The monoisotopic (exact) mass is 366 g/mol. The van der Waals surface area contributed by atoms with Crippen LogP contribution in [0.25, 0.3) is 16.7 Å². The van der Waals surface area contributed by atoms with Crippen LogP contribution in [0.15, 0.2) is 41.5 Å². The van der Waals surface area contributed by atoms with E-state index >= 15 is 0 Å². The summed E-state index contributed by atoms with van der Waals surface area (Å²) in [5.74, 6) is 0.860. The van der Waals surface area contributed by atoms with Crippen molar-refractivity contribution in [2.75, 3.05) is 0 Å². The summed E-state index contributed by atoms with van der Waals surface area (Å²) >= 11 is 0. The van der Waals surface area contributed by atoms with Crippen molar-refractivity contribution in [2.24, 2.45) is 5.92 Å². The van der Waals surface area contributed by atoms with E-state index in [0.29, 0.717) is 36.6 Å². The zero-order valence-electron chi connectivity index (χ0n) is 15.7. The molecule has 0 spiro atoms. The number of aromatic nitrogens is 3. The van der Waals surface area contributed by atoms with Gasteiger partial charge in [-0.05, 0) is 62.3 Å². The van der Waals surface area contributed by atoms with Crippen molar-refractivity contribution in [3.63, 3.8) is 0 Å².